The van der Waals surface area contributed by atoms with Gasteiger partial charge in [0.25, 0.3) is 5.91 Å². The van der Waals surface area contributed by atoms with Crippen LogP contribution in [0.2, 0.25) is 23.2 Å². The molecule has 54 heavy (non-hydrogen) atoms. The number of methoxy groups -OCH3 is 1. The van der Waals surface area contributed by atoms with Crippen LogP contribution in [0.25, 0.3) is 0 Å². The number of halogens is 1. The first-order valence-electron chi connectivity index (χ1n) is 19.7. The molecule has 2 aromatic carbocycles. The number of aryl methyl sites for hydroxylation is 1. The molecule has 1 N–H and O–H groups in total. The lowest BCUT2D eigenvalue weighted by Gasteiger charge is -2.48. The third-order valence-electron chi connectivity index (χ3n) is 13.8. The number of ether oxygens (including phenoxy) is 2. The van der Waals surface area contributed by atoms with Crippen LogP contribution in [0.15, 0.2) is 48.6 Å². The van der Waals surface area contributed by atoms with E-state index in [1.54, 1.807) is 20.1 Å². The van der Waals surface area contributed by atoms with Crippen molar-refractivity contribution in [3.63, 3.8) is 0 Å². The van der Waals surface area contributed by atoms with Gasteiger partial charge in [-0.2, -0.15) is 0 Å². The Labute approximate surface area is 328 Å². The molecule has 0 saturated heterocycles. The number of fused-ring (bicyclic) bond motifs is 5. The van der Waals surface area contributed by atoms with Gasteiger partial charge in [0.05, 0.1) is 17.0 Å². The van der Waals surface area contributed by atoms with Gasteiger partial charge in [-0.25, -0.2) is 13.1 Å². The highest BCUT2D eigenvalue weighted by molar-refractivity contribution is 7.91. The van der Waals surface area contributed by atoms with Crippen LogP contribution in [0.5, 0.6) is 5.75 Å². The highest BCUT2D eigenvalue weighted by Crippen LogP contribution is 2.53. The van der Waals surface area contributed by atoms with Gasteiger partial charge >= 0.3 is 0 Å². The molecular weight excluding hydrogens is 736 g/mol. The number of amides is 1. The molecule has 8 nitrogen and oxygen atoms in total. The van der Waals surface area contributed by atoms with Crippen molar-refractivity contribution in [2.45, 2.75) is 113 Å². The van der Waals surface area contributed by atoms with E-state index in [1.165, 1.54) is 11.1 Å². The van der Waals surface area contributed by atoms with E-state index in [0.717, 1.165) is 42.8 Å². The van der Waals surface area contributed by atoms with Gasteiger partial charge in [-0.05, 0) is 129 Å². The van der Waals surface area contributed by atoms with Crippen molar-refractivity contribution in [2.75, 3.05) is 38.3 Å². The van der Waals surface area contributed by atoms with Crippen LogP contribution >= 0.6 is 11.6 Å². The molecule has 11 heteroatoms. The van der Waals surface area contributed by atoms with Gasteiger partial charge in [0.15, 0.2) is 8.32 Å². The van der Waals surface area contributed by atoms with Crippen LogP contribution in [0.1, 0.15) is 94.1 Å². The van der Waals surface area contributed by atoms with E-state index in [1.807, 2.05) is 18.2 Å². The van der Waals surface area contributed by atoms with Crippen LogP contribution in [0.3, 0.4) is 0 Å². The van der Waals surface area contributed by atoms with Gasteiger partial charge in [-0.15, -0.1) is 0 Å². The zero-order chi connectivity index (χ0) is 38.7. The number of allylic oxidation sites excluding steroid dienone is 1. The number of hydrogen-bond acceptors (Lipinski definition) is 7. The summed E-state index contributed by atoms with van der Waals surface area (Å²) in [6.45, 7) is 15.5. The molecule has 3 aliphatic carbocycles. The van der Waals surface area contributed by atoms with Gasteiger partial charge < -0.3 is 18.8 Å². The van der Waals surface area contributed by atoms with Crippen molar-refractivity contribution in [1.82, 2.24) is 4.72 Å². The van der Waals surface area contributed by atoms with Crippen molar-refractivity contribution in [2.24, 2.45) is 17.8 Å². The minimum atomic E-state index is -3.96. The van der Waals surface area contributed by atoms with E-state index in [-0.39, 0.29) is 28.2 Å². The number of sulfonamides is 1. The van der Waals surface area contributed by atoms with Crippen molar-refractivity contribution >= 4 is 41.5 Å². The van der Waals surface area contributed by atoms with Gasteiger partial charge in [-0.1, -0.05) is 56.4 Å². The normalized spacial score (nSPS) is 32.3. The Kier molecular flexibility index (Phi) is 10.4. The molecule has 0 radical (unpaired) electrons. The first kappa shape index (κ1) is 39.4. The summed E-state index contributed by atoms with van der Waals surface area (Å²) in [4.78, 5) is 16.1. The Morgan fingerprint density at radius 3 is 2.67 bits per heavy atom. The zero-order valence-corrected chi connectivity index (χ0v) is 35.6. The third kappa shape index (κ3) is 7.17. The molecule has 6 atom stereocenters. The van der Waals surface area contributed by atoms with Crippen LogP contribution in [0.4, 0.5) is 5.69 Å². The molecule has 5 aliphatic rings. The molecule has 2 bridgehead atoms. The minimum absolute atomic E-state index is 0.113. The summed E-state index contributed by atoms with van der Waals surface area (Å²) in [5.41, 5.74) is 2.49. The largest absolute Gasteiger partial charge is 0.490 e. The molecule has 2 saturated carbocycles. The predicted molar refractivity (Wildman–Crippen MR) is 218 cm³/mol. The van der Waals surface area contributed by atoms with Crippen LogP contribution in [-0.2, 0) is 31.0 Å². The minimum Gasteiger partial charge on any atom is -0.490 e. The fraction of sp³-hybridized carbons (Fsp3) is 0.605. The number of nitrogens with one attached hydrogen (secondary N) is 1. The first-order chi connectivity index (χ1) is 25.4. The van der Waals surface area contributed by atoms with E-state index in [2.05, 4.69) is 79.6 Å². The van der Waals surface area contributed by atoms with E-state index in [4.69, 9.17) is 25.5 Å². The molecule has 2 fully saturated rings. The van der Waals surface area contributed by atoms with Crippen LogP contribution < -0.4 is 14.4 Å². The maximum Gasteiger partial charge on any atom is 0.264 e. The van der Waals surface area contributed by atoms with E-state index in [0.29, 0.717) is 56.9 Å². The second-order valence-electron chi connectivity index (χ2n) is 18.2. The van der Waals surface area contributed by atoms with Crippen molar-refractivity contribution < 1.29 is 27.1 Å². The van der Waals surface area contributed by atoms with Gasteiger partial charge in [0.1, 0.15) is 11.4 Å². The van der Waals surface area contributed by atoms with Crippen molar-refractivity contribution in [3.05, 3.63) is 70.3 Å². The molecule has 292 valence electrons. The number of benzene rings is 2. The molecule has 2 aromatic rings. The lowest BCUT2D eigenvalue weighted by molar-refractivity contribution is -0.0351. The van der Waals surface area contributed by atoms with Crippen molar-refractivity contribution in [3.8, 4) is 17.6 Å². The van der Waals surface area contributed by atoms with E-state index in [9.17, 15) is 13.2 Å². The van der Waals surface area contributed by atoms with E-state index >= 15 is 0 Å². The summed E-state index contributed by atoms with van der Waals surface area (Å²) in [6, 6.07) is 11.6. The Morgan fingerprint density at radius 1 is 1.15 bits per heavy atom. The monoisotopic (exact) mass is 792 g/mol. The molecule has 0 aromatic heterocycles. The number of hydrogen-bond donors (Lipinski definition) is 1. The fourth-order valence-electron chi connectivity index (χ4n) is 8.99. The summed E-state index contributed by atoms with van der Waals surface area (Å²) >= 11 is 6.49. The fourth-order valence-corrected chi connectivity index (χ4v) is 11.8. The van der Waals surface area contributed by atoms with Gasteiger partial charge in [0.2, 0.25) is 10.0 Å². The zero-order valence-electron chi connectivity index (χ0n) is 33.0. The summed E-state index contributed by atoms with van der Waals surface area (Å²) in [7, 11) is -4.12. The third-order valence-corrected chi connectivity index (χ3v) is 20.8. The summed E-state index contributed by atoms with van der Waals surface area (Å²) in [6.07, 6.45) is 10.7. The second-order valence-corrected chi connectivity index (χ2v) is 25.6. The molecule has 0 unspecified atom stereocenters. The Morgan fingerprint density at radius 2 is 1.94 bits per heavy atom. The lowest BCUT2D eigenvalue weighted by Crippen LogP contribution is -2.52. The smallest absolute Gasteiger partial charge is 0.264 e. The molecule has 1 amide bonds. The summed E-state index contributed by atoms with van der Waals surface area (Å²) in [5.74, 6) is 7.38. The predicted octanol–water partition coefficient (Wildman–Crippen LogP) is 8.44. The molecule has 1 spiro atoms. The average molecular weight is 794 g/mol. The summed E-state index contributed by atoms with van der Waals surface area (Å²) in [5, 5.41) is 0.856. The maximum absolute atomic E-state index is 13.7. The molecular formula is C43H57ClN2O6SSi. The number of carbonyl (C=O) groups is 1. The van der Waals surface area contributed by atoms with Crippen molar-refractivity contribution in [1.29, 1.82) is 0 Å². The number of carbonyl (C=O) groups excluding carboxylic acids is 1. The van der Waals surface area contributed by atoms with E-state index < -0.39 is 34.6 Å². The Balaban J connectivity index is 1.27. The average Bonchev–Trinajstić information content (AvgIpc) is 3.81. The SMILES string of the molecule is CO[C@@]1(C#CCCO[Si](C)(C)C(C)(C)C)/C=C/C[C@@H]2C[C@@]2(C)S(=O)(=O)NC(=O)c2ccc3c(c2)N(C[C@@H]2CC[C@H]21)C[C@@]1(CCCc2cc(Cl)ccc21)CO3. The summed E-state index contributed by atoms with van der Waals surface area (Å²) < 4.78 is 48.4. The standard InChI is InChI=1S/C43H57ClN2O6SSi/c1-40(2,3)54(6,7)52-23-9-8-21-43(50-5)22-11-13-33-26-41(33,4)53(48,49)45-39(47)31-15-19-38-37(25-31)46(27-32-14-17-36(32)43)28-42(29-51-38)20-10-12-30-24-34(44)16-18-35(30)42/h11,15-16,18-19,22,24-25,32-33,36H,9-10,12-14,17,20,23,26-29H2,1-7H3,(H,45,47)/b22-11+/t32-,33+,36+,41+,42-,43-/m0/s1. The topological polar surface area (TPSA) is 94.2 Å². The number of anilines is 1. The van der Waals surface area contributed by atoms with Gasteiger partial charge in [-0.3, -0.25) is 4.79 Å². The molecule has 2 aliphatic heterocycles. The highest BCUT2D eigenvalue weighted by atomic mass is 35.5. The van der Waals surface area contributed by atoms with Crippen LogP contribution in [-0.4, -0.2) is 66.4 Å². The second kappa shape index (κ2) is 14.3. The lowest BCUT2D eigenvalue weighted by atomic mass is 9.64. The molecule has 7 rings (SSSR count). The Hall–Kier alpha value is -2.81. The number of nitrogens with zero attached hydrogens (tertiary/aromatic N) is 1. The highest BCUT2D eigenvalue weighted by Gasteiger charge is 2.60. The van der Waals surface area contributed by atoms with Crippen LogP contribution in [0, 0.1) is 29.6 Å². The molecule has 2 heterocycles. The first-order valence-corrected chi connectivity index (χ1v) is 24.4. The maximum atomic E-state index is 13.7. The van der Waals surface area contributed by atoms with Gasteiger partial charge in [0, 0.05) is 55.1 Å². The Bertz CT molecular complexity index is 2000. The quantitative estimate of drug-likeness (QED) is 0.144. The number of rotatable bonds is 4.